The highest BCUT2D eigenvalue weighted by molar-refractivity contribution is 5.93. The lowest BCUT2D eigenvalue weighted by Crippen LogP contribution is -2.38. The number of carbonyl (C=O) groups excluding carboxylic acids is 1. The Morgan fingerprint density at radius 1 is 1.03 bits per heavy atom. The third-order valence-electron chi connectivity index (χ3n) is 5.10. The van der Waals surface area contributed by atoms with Crippen LogP contribution in [0.2, 0.25) is 0 Å². The fourth-order valence-electron chi connectivity index (χ4n) is 3.41. The van der Waals surface area contributed by atoms with Crippen molar-refractivity contribution < 1.29 is 4.79 Å². The summed E-state index contributed by atoms with van der Waals surface area (Å²) < 4.78 is 0. The number of aromatic amines is 1. The van der Waals surface area contributed by atoms with E-state index < -0.39 is 0 Å². The molecular formula is C21H22N6O2. The van der Waals surface area contributed by atoms with Gasteiger partial charge in [0.1, 0.15) is 0 Å². The van der Waals surface area contributed by atoms with E-state index in [1.807, 2.05) is 43.3 Å². The Hall–Kier alpha value is -3.55. The van der Waals surface area contributed by atoms with Crippen LogP contribution in [-0.4, -0.2) is 39.4 Å². The molecule has 3 aromatic rings. The summed E-state index contributed by atoms with van der Waals surface area (Å²) in [6.45, 7) is 3.48. The minimum Gasteiger partial charge on any atom is -0.355 e. The molecular weight excluding hydrogens is 368 g/mol. The molecule has 3 heterocycles. The van der Waals surface area contributed by atoms with E-state index in [4.69, 9.17) is 0 Å². The standard InChI is InChI=1S/C21H22N6O2/c1-14-2-8-19(25-23-14)27-12-10-16(11-13-27)21(29)22-17-5-3-15(4-6-17)18-7-9-20(28)26-24-18/h2-9,16H,10-13H2,1H3,(H,22,29)(H,26,28). The number of piperidine rings is 1. The molecule has 8 heteroatoms. The van der Waals surface area contributed by atoms with Gasteiger partial charge in [0.05, 0.1) is 11.4 Å². The van der Waals surface area contributed by atoms with Crippen molar-refractivity contribution >= 4 is 17.4 Å². The van der Waals surface area contributed by atoms with E-state index in [1.54, 1.807) is 6.07 Å². The van der Waals surface area contributed by atoms with E-state index in [0.29, 0.717) is 5.69 Å². The number of aromatic nitrogens is 4. The highest BCUT2D eigenvalue weighted by Crippen LogP contribution is 2.24. The van der Waals surface area contributed by atoms with Crippen LogP contribution in [0.4, 0.5) is 11.5 Å². The van der Waals surface area contributed by atoms with E-state index >= 15 is 0 Å². The average molecular weight is 390 g/mol. The first-order valence-corrected chi connectivity index (χ1v) is 9.61. The molecule has 2 aromatic heterocycles. The number of anilines is 2. The van der Waals surface area contributed by atoms with Crippen LogP contribution in [0.1, 0.15) is 18.5 Å². The summed E-state index contributed by atoms with van der Waals surface area (Å²) in [5.41, 5.74) is 2.94. The van der Waals surface area contributed by atoms with E-state index in [-0.39, 0.29) is 17.4 Å². The van der Waals surface area contributed by atoms with Gasteiger partial charge in [-0.05, 0) is 50.1 Å². The lowest BCUT2D eigenvalue weighted by atomic mass is 9.95. The lowest BCUT2D eigenvalue weighted by Gasteiger charge is -2.31. The Morgan fingerprint density at radius 3 is 2.41 bits per heavy atom. The molecule has 0 atom stereocenters. The molecule has 2 N–H and O–H groups in total. The minimum absolute atomic E-state index is 0.0230. The van der Waals surface area contributed by atoms with E-state index in [9.17, 15) is 9.59 Å². The first kappa shape index (κ1) is 18.8. The van der Waals surface area contributed by atoms with Gasteiger partial charge in [-0.3, -0.25) is 9.59 Å². The normalized spacial score (nSPS) is 14.6. The van der Waals surface area contributed by atoms with Crippen LogP contribution in [0.25, 0.3) is 11.3 Å². The summed E-state index contributed by atoms with van der Waals surface area (Å²) in [5.74, 6) is 0.876. The second-order valence-electron chi connectivity index (χ2n) is 7.17. The fourth-order valence-corrected chi connectivity index (χ4v) is 3.41. The van der Waals surface area contributed by atoms with Crippen molar-refractivity contribution in [3.8, 4) is 11.3 Å². The number of nitrogens with one attached hydrogen (secondary N) is 2. The van der Waals surface area contributed by atoms with Crippen LogP contribution in [0.5, 0.6) is 0 Å². The van der Waals surface area contributed by atoms with Gasteiger partial charge in [0, 0.05) is 36.3 Å². The molecule has 29 heavy (non-hydrogen) atoms. The molecule has 0 aliphatic carbocycles. The van der Waals surface area contributed by atoms with Gasteiger partial charge in [0.2, 0.25) is 5.91 Å². The number of H-pyrrole nitrogens is 1. The smallest absolute Gasteiger partial charge is 0.264 e. The van der Waals surface area contributed by atoms with Crippen LogP contribution in [0.15, 0.2) is 53.3 Å². The monoisotopic (exact) mass is 390 g/mol. The summed E-state index contributed by atoms with van der Waals surface area (Å²) in [4.78, 5) is 25.9. The highest BCUT2D eigenvalue weighted by atomic mass is 16.2. The van der Waals surface area contributed by atoms with Crippen LogP contribution in [-0.2, 0) is 4.79 Å². The second-order valence-corrected chi connectivity index (χ2v) is 7.17. The van der Waals surface area contributed by atoms with Crippen molar-refractivity contribution in [2.75, 3.05) is 23.3 Å². The number of aryl methyl sites for hydroxylation is 1. The van der Waals surface area contributed by atoms with Gasteiger partial charge in [-0.1, -0.05) is 12.1 Å². The van der Waals surface area contributed by atoms with Crippen molar-refractivity contribution in [1.82, 2.24) is 20.4 Å². The molecule has 1 aliphatic rings. The van der Waals surface area contributed by atoms with Crippen LogP contribution >= 0.6 is 0 Å². The Kier molecular flexibility index (Phi) is 5.33. The molecule has 8 nitrogen and oxygen atoms in total. The Labute approximate surface area is 168 Å². The third kappa shape index (κ3) is 4.48. The molecule has 1 fully saturated rings. The number of benzene rings is 1. The number of rotatable bonds is 4. The molecule has 0 saturated carbocycles. The van der Waals surface area contributed by atoms with Crippen LogP contribution in [0, 0.1) is 12.8 Å². The molecule has 1 aliphatic heterocycles. The Bertz CT molecular complexity index is 1020. The van der Waals surface area contributed by atoms with E-state index in [2.05, 4.69) is 30.6 Å². The van der Waals surface area contributed by atoms with Gasteiger partial charge in [-0.15, -0.1) is 5.10 Å². The molecule has 1 saturated heterocycles. The quantitative estimate of drug-likeness (QED) is 0.709. The van der Waals surface area contributed by atoms with Gasteiger partial charge in [-0.2, -0.15) is 10.2 Å². The van der Waals surface area contributed by atoms with E-state index in [1.165, 1.54) is 6.07 Å². The van der Waals surface area contributed by atoms with Crippen LogP contribution < -0.4 is 15.8 Å². The van der Waals surface area contributed by atoms with Gasteiger partial charge >= 0.3 is 0 Å². The largest absolute Gasteiger partial charge is 0.355 e. The summed E-state index contributed by atoms with van der Waals surface area (Å²) in [6.07, 6.45) is 1.56. The van der Waals surface area contributed by atoms with Crippen molar-refractivity contribution in [2.24, 2.45) is 5.92 Å². The molecule has 0 radical (unpaired) electrons. The summed E-state index contributed by atoms with van der Waals surface area (Å²) in [7, 11) is 0. The molecule has 1 amide bonds. The van der Waals surface area contributed by atoms with E-state index in [0.717, 1.165) is 48.7 Å². The second kappa shape index (κ2) is 8.22. The van der Waals surface area contributed by atoms with Gasteiger partial charge in [0.25, 0.3) is 5.56 Å². The third-order valence-corrected chi connectivity index (χ3v) is 5.10. The predicted octanol–water partition coefficient (Wildman–Crippen LogP) is 2.39. The van der Waals surface area contributed by atoms with Crippen molar-refractivity contribution in [1.29, 1.82) is 0 Å². The molecule has 0 spiro atoms. The SMILES string of the molecule is Cc1ccc(N2CCC(C(=O)Nc3ccc(-c4ccc(=O)[nH]n4)cc3)CC2)nn1. The Balaban J connectivity index is 1.33. The zero-order chi connectivity index (χ0) is 20.2. The predicted molar refractivity (Wildman–Crippen MR) is 111 cm³/mol. The summed E-state index contributed by atoms with van der Waals surface area (Å²) in [6, 6.07) is 14.5. The lowest BCUT2D eigenvalue weighted by molar-refractivity contribution is -0.120. The molecule has 0 unspecified atom stereocenters. The maximum absolute atomic E-state index is 12.6. The van der Waals surface area contributed by atoms with Gasteiger partial charge in [-0.25, -0.2) is 5.10 Å². The van der Waals surface area contributed by atoms with Crippen LogP contribution in [0.3, 0.4) is 0 Å². The van der Waals surface area contributed by atoms with Crippen molar-refractivity contribution in [3.05, 3.63) is 64.6 Å². The van der Waals surface area contributed by atoms with Gasteiger partial charge < -0.3 is 10.2 Å². The van der Waals surface area contributed by atoms with Gasteiger partial charge in [0.15, 0.2) is 5.82 Å². The molecule has 4 rings (SSSR count). The summed E-state index contributed by atoms with van der Waals surface area (Å²) >= 11 is 0. The molecule has 148 valence electrons. The molecule has 1 aromatic carbocycles. The number of hydrogen-bond donors (Lipinski definition) is 2. The highest BCUT2D eigenvalue weighted by Gasteiger charge is 2.25. The first-order valence-electron chi connectivity index (χ1n) is 9.61. The Morgan fingerprint density at radius 2 is 1.79 bits per heavy atom. The average Bonchev–Trinajstić information content (AvgIpc) is 2.76. The number of amides is 1. The number of hydrogen-bond acceptors (Lipinski definition) is 6. The molecule has 0 bridgehead atoms. The van der Waals surface area contributed by atoms with Crippen molar-refractivity contribution in [3.63, 3.8) is 0 Å². The number of nitrogens with zero attached hydrogens (tertiary/aromatic N) is 4. The fraction of sp³-hybridized carbons (Fsp3) is 0.286. The first-order chi connectivity index (χ1) is 14.1. The minimum atomic E-state index is -0.238. The zero-order valence-electron chi connectivity index (χ0n) is 16.1. The maximum Gasteiger partial charge on any atom is 0.264 e. The summed E-state index contributed by atoms with van der Waals surface area (Å²) in [5, 5.41) is 17.8. The number of carbonyl (C=O) groups is 1. The maximum atomic E-state index is 12.6. The topological polar surface area (TPSA) is 104 Å². The zero-order valence-corrected chi connectivity index (χ0v) is 16.1. The van der Waals surface area contributed by atoms with Crippen molar-refractivity contribution in [2.45, 2.75) is 19.8 Å².